The largest absolute Gasteiger partial charge is 0.493 e. The van der Waals surface area contributed by atoms with Crippen molar-refractivity contribution in [2.75, 3.05) is 27.8 Å². The second kappa shape index (κ2) is 11.3. The highest BCUT2D eigenvalue weighted by Gasteiger charge is 2.16. The molecule has 1 aromatic heterocycles. The number of Topliss-reactive ketones (excluding diaryl/α,β-unsaturated/α-hetero) is 2. The molecular weight excluding hydrogens is 456 g/mol. The molecule has 1 heterocycles. The Kier molecular flexibility index (Phi) is 8.47. The standard InChI is InChI=1S/C26H29ClN2O5/c1-16(2)29(3)15-19(31)12-18(30)10-17-6-7-24(21(27)11-17)34-23-8-9-28-22-14-26(33-5)25(32-4)13-20(22)23/h6-9,11,13-14,16H,10,12,15H2,1-5H3. The van der Waals surface area contributed by atoms with Crippen LogP contribution in [0.5, 0.6) is 23.0 Å². The first-order chi connectivity index (χ1) is 16.2. The molecule has 0 atom stereocenters. The van der Waals surface area contributed by atoms with Crippen molar-refractivity contribution in [3.05, 3.63) is 53.2 Å². The lowest BCUT2D eigenvalue weighted by Crippen LogP contribution is -2.32. The number of ether oxygens (including phenoxy) is 3. The molecule has 180 valence electrons. The van der Waals surface area contributed by atoms with E-state index in [-0.39, 0.29) is 37.0 Å². The minimum atomic E-state index is -0.145. The van der Waals surface area contributed by atoms with E-state index >= 15 is 0 Å². The second-order valence-electron chi connectivity index (χ2n) is 8.34. The Labute approximate surface area is 204 Å². The molecule has 2 aromatic carbocycles. The number of carbonyl (C=O) groups is 2. The van der Waals surface area contributed by atoms with Crippen LogP contribution >= 0.6 is 11.6 Å². The number of likely N-dealkylation sites (N-methyl/N-ethyl adjacent to an activating group) is 1. The maximum Gasteiger partial charge on any atom is 0.162 e. The molecule has 3 aromatic rings. The van der Waals surface area contributed by atoms with Crippen LogP contribution in [0.2, 0.25) is 5.02 Å². The van der Waals surface area contributed by atoms with Crippen LogP contribution in [0.3, 0.4) is 0 Å². The van der Waals surface area contributed by atoms with Crippen molar-refractivity contribution in [2.24, 2.45) is 0 Å². The number of fused-ring (bicyclic) bond motifs is 1. The zero-order valence-corrected chi connectivity index (χ0v) is 20.8. The number of methoxy groups -OCH3 is 2. The third kappa shape index (κ3) is 6.24. The van der Waals surface area contributed by atoms with Gasteiger partial charge in [0.25, 0.3) is 0 Å². The number of pyridine rings is 1. The molecule has 0 aliphatic rings. The lowest BCUT2D eigenvalue weighted by Gasteiger charge is -2.19. The Hall–Kier alpha value is -3.16. The molecule has 3 rings (SSSR count). The average molecular weight is 485 g/mol. The smallest absolute Gasteiger partial charge is 0.162 e. The summed E-state index contributed by atoms with van der Waals surface area (Å²) in [5, 5.41) is 1.10. The number of nitrogens with zero attached hydrogens (tertiary/aromatic N) is 2. The van der Waals surface area contributed by atoms with Crippen LogP contribution in [0.25, 0.3) is 10.9 Å². The number of hydrogen-bond acceptors (Lipinski definition) is 7. The molecule has 8 heteroatoms. The van der Waals surface area contributed by atoms with Crippen molar-refractivity contribution in [3.63, 3.8) is 0 Å². The highest BCUT2D eigenvalue weighted by Crippen LogP contribution is 2.38. The van der Waals surface area contributed by atoms with Crippen LogP contribution in [0.4, 0.5) is 0 Å². The van der Waals surface area contributed by atoms with Crippen LogP contribution in [0, 0.1) is 0 Å². The number of rotatable bonds is 11. The van der Waals surface area contributed by atoms with Gasteiger partial charge in [-0.3, -0.25) is 19.5 Å². The summed E-state index contributed by atoms with van der Waals surface area (Å²) in [6.07, 6.45) is 1.67. The zero-order valence-electron chi connectivity index (χ0n) is 20.1. The zero-order chi connectivity index (χ0) is 24.8. The van der Waals surface area contributed by atoms with E-state index < -0.39 is 0 Å². The minimum absolute atomic E-state index is 0.0936. The molecule has 0 N–H and O–H groups in total. The molecule has 0 unspecified atom stereocenters. The number of halogens is 1. The highest BCUT2D eigenvalue weighted by atomic mass is 35.5. The first-order valence-corrected chi connectivity index (χ1v) is 11.3. The predicted molar refractivity (Wildman–Crippen MR) is 132 cm³/mol. The Morgan fingerprint density at radius 1 is 0.971 bits per heavy atom. The van der Waals surface area contributed by atoms with Crippen LogP contribution in [-0.2, 0) is 16.0 Å². The normalized spacial score (nSPS) is 11.2. The maximum absolute atomic E-state index is 12.4. The number of ketones is 2. The van der Waals surface area contributed by atoms with Crippen LogP contribution in [0.15, 0.2) is 42.6 Å². The second-order valence-corrected chi connectivity index (χ2v) is 8.75. The van der Waals surface area contributed by atoms with Gasteiger partial charge in [-0.05, 0) is 50.7 Å². The van der Waals surface area contributed by atoms with E-state index in [1.165, 1.54) is 0 Å². The number of benzene rings is 2. The summed E-state index contributed by atoms with van der Waals surface area (Å²) in [6, 6.07) is 10.7. The van der Waals surface area contributed by atoms with Gasteiger partial charge in [-0.2, -0.15) is 0 Å². The molecule has 0 bridgehead atoms. The first kappa shape index (κ1) is 25.5. The number of hydrogen-bond donors (Lipinski definition) is 0. The lowest BCUT2D eigenvalue weighted by atomic mass is 10.0. The third-order valence-corrected chi connectivity index (χ3v) is 5.82. The van der Waals surface area contributed by atoms with E-state index in [0.717, 1.165) is 10.9 Å². The molecular formula is C26H29ClN2O5. The van der Waals surface area contributed by atoms with E-state index in [1.54, 1.807) is 56.8 Å². The fourth-order valence-corrected chi connectivity index (χ4v) is 3.66. The van der Waals surface area contributed by atoms with Gasteiger partial charge in [-0.15, -0.1) is 0 Å². The summed E-state index contributed by atoms with van der Waals surface area (Å²) < 4.78 is 16.8. The van der Waals surface area contributed by atoms with E-state index in [4.69, 9.17) is 25.8 Å². The predicted octanol–water partition coefficient (Wildman–Crippen LogP) is 5.11. The van der Waals surface area contributed by atoms with Gasteiger partial charge in [0.15, 0.2) is 17.3 Å². The molecule has 0 saturated carbocycles. The van der Waals surface area contributed by atoms with Gasteiger partial charge in [-0.1, -0.05) is 17.7 Å². The van der Waals surface area contributed by atoms with Gasteiger partial charge in [0.1, 0.15) is 17.3 Å². The number of carbonyl (C=O) groups excluding carboxylic acids is 2. The van der Waals surface area contributed by atoms with E-state index in [9.17, 15) is 9.59 Å². The summed E-state index contributed by atoms with van der Waals surface area (Å²) in [6.45, 7) is 4.26. The van der Waals surface area contributed by atoms with E-state index in [0.29, 0.717) is 33.5 Å². The molecule has 0 saturated heterocycles. The van der Waals surface area contributed by atoms with Gasteiger partial charge in [0, 0.05) is 30.1 Å². The van der Waals surface area contributed by atoms with Gasteiger partial charge >= 0.3 is 0 Å². The first-order valence-electron chi connectivity index (χ1n) is 10.9. The topological polar surface area (TPSA) is 78.0 Å². The summed E-state index contributed by atoms with van der Waals surface area (Å²) in [4.78, 5) is 30.8. The highest BCUT2D eigenvalue weighted by molar-refractivity contribution is 6.32. The van der Waals surface area contributed by atoms with Gasteiger partial charge in [0.2, 0.25) is 0 Å². The van der Waals surface area contributed by atoms with Crippen LogP contribution < -0.4 is 14.2 Å². The fourth-order valence-electron chi connectivity index (χ4n) is 3.42. The number of aromatic nitrogens is 1. The van der Waals surface area contributed by atoms with Crippen LogP contribution in [0.1, 0.15) is 25.8 Å². The average Bonchev–Trinajstić information content (AvgIpc) is 2.79. The molecule has 0 amide bonds. The van der Waals surface area contributed by atoms with Gasteiger partial charge in [0.05, 0.1) is 37.7 Å². The molecule has 0 spiro atoms. The minimum Gasteiger partial charge on any atom is -0.493 e. The van der Waals surface area contributed by atoms with Gasteiger partial charge in [-0.25, -0.2) is 0 Å². The fraction of sp³-hybridized carbons (Fsp3) is 0.346. The molecule has 0 radical (unpaired) electrons. The van der Waals surface area contributed by atoms with Crippen molar-refractivity contribution in [1.82, 2.24) is 9.88 Å². The molecule has 0 aliphatic heterocycles. The van der Waals surface area contributed by atoms with E-state index in [1.807, 2.05) is 25.8 Å². The van der Waals surface area contributed by atoms with Gasteiger partial charge < -0.3 is 14.2 Å². The Morgan fingerprint density at radius 2 is 1.68 bits per heavy atom. The Balaban J connectivity index is 1.73. The van der Waals surface area contributed by atoms with E-state index in [2.05, 4.69) is 4.98 Å². The van der Waals surface area contributed by atoms with Crippen LogP contribution in [-0.4, -0.2) is 55.3 Å². The Bertz CT molecular complexity index is 1200. The molecule has 0 aliphatic carbocycles. The monoisotopic (exact) mass is 484 g/mol. The van der Waals surface area contributed by atoms with Crippen molar-refractivity contribution in [1.29, 1.82) is 0 Å². The Morgan fingerprint density at radius 3 is 2.32 bits per heavy atom. The maximum atomic E-state index is 12.4. The molecule has 0 fully saturated rings. The van der Waals surface area contributed by atoms with Crippen molar-refractivity contribution >= 4 is 34.1 Å². The quantitative estimate of drug-likeness (QED) is 0.350. The molecule has 34 heavy (non-hydrogen) atoms. The third-order valence-electron chi connectivity index (χ3n) is 5.53. The van der Waals surface area contributed by atoms with Crippen molar-refractivity contribution < 1.29 is 23.8 Å². The SMILES string of the molecule is COc1cc2nccc(Oc3ccc(CC(=O)CC(=O)CN(C)C(C)C)cc3Cl)c2cc1OC. The summed E-state index contributed by atoms with van der Waals surface area (Å²) in [7, 11) is 4.99. The van der Waals surface area contributed by atoms with Crippen molar-refractivity contribution in [3.8, 4) is 23.0 Å². The summed E-state index contributed by atoms with van der Waals surface area (Å²) >= 11 is 6.46. The van der Waals surface area contributed by atoms with Crippen molar-refractivity contribution in [2.45, 2.75) is 32.7 Å². The summed E-state index contributed by atoms with van der Waals surface area (Å²) in [5.41, 5.74) is 1.40. The lowest BCUT2D eigenvalue weighted by molar-refractivity contribution is -0.127. The molecule has 7 nitrogen and oxygen atoms in total. The summed E-state index contributed by atoms with van der Waals surface area (Å²) in [5.74, 6) is 1.88.